The number of hydrogen-bond donors (Lipinski definition) is 2. The molecule has 0 saturated carbocycles. The molecule has 0 aliphatic rings. The number of pyridine rings is 1. The third kappa shape index (κ3) is 6.56. The Morgan fingerprint density at radius 2 is 1.86 bits per heavy atom. The fourth-order valence-electron chi connectivity index (χ4n) is 2.16. The van der Waals surface area contributed by atoms with Gasteiger partial charge in [0, 0.05) is 25.9 Å². The number of hydrogen-bond acceptors (Lipinski definition) is 4. The first-order valence-electron chi connectivity index (χ1n) is 7.86. The number of amides is 2. The third-order valence-electron chi connectivity index (χ3n) is 3.20. The van der Waals surface area contributed by atoms with Crippen LogP contribution in [0.4, 0.5) is 11.5 Å². The molecule has 0 aliphatic carbocycles. The Kier molecular flexibility index (Phi) is 7.96. The van der Waals surface area contributed by atoms with Crippen molar-refractivity contribution in [1.82, 2.24) is 9.88 Å². The van der Waals surface area contributed by atoms with Crippen LogP contribution >= 0.6 is 0 Å². The highest BCUT2D eigenvalue weighted by atomic mass is 16.2. The molecule has 1 rings (SSSR count). The lowest BCUT2D eigenvalue weighted by Crippen LogP contribution is -2.32. The summed E-state index contributed by atoms with van der Waals surface area (Å²) in [4.78, 5) is 29.7. The summed E-state index contributed by atoms with van der Waals surface area (Å²) in [5.41, 5.74) is 6.10. The Morgan fingerprint density at radius 1 is 1.18 bits per heavy atom. The lowest BCUT2D eigenvalue weighted by atomic mass is 10.2. The SMILES string of the molecule is CCCN(CCC)C(=O)CCCC(=O)Nc1ccc(N)nc1. The number of aromatic nitrogens is 1. The van der Waals surface area contributed by atoms with E-state index in [4.69, 9.17) is 5.73 Å². The summed E-state index contributed by atoms with van der Waals surface area (Å²) in [6.45, 7) is 5.69. The van der Waals surface area contributed by atoms with Crippen LogP contribution in [-0.2, 0) is 9.59 Å². The first kappa shape index (κ1) is 17.9. The van der Waals surface area contributed by atoms with Crippen molar-refractivity contribution >= 4 is 23.3 Å². The molecule has 2 amide bonds. The van der Waals surface area contributed by atoms with Gasteiger partial charge in [0.1, 0.15) is 5.82 Å². The minimum atomic E-state index is -0.114. The van der Waals surface area contributed by atoms with Crippen molar-refractivity contribution < 1.29 is 9.59 Å². The van der Waals surface area contributed by atoms with Crippen molar-refractivity contribution in [2.75, 3.05) is 24.1 Å². The van der Waals surface area contributed by atoms with Crippen LogP contribution in [0.25, 0.3) is 0 Å². The van der Waals surface area contributed by atoms with E-state index in [1.54, 1.807) is 12.1 Å². The Hall–Kier alpha value is -2.11. The highest BCUT2D eigenvalue weighted by Crippen LogP contribution is 2.09. The average molecular weight is 306 g/mol. The maximum atomic E-state index is 12.1. The molecule has 0 bridgehead atoms. The van der Waals surface area contributed by atoms with Gasteiger partial charge in [-0.05, 0) is 31.4 Å². The molecule has 0 atom stereocenters. The standard InChI is InChI=1S/C16H26N4O2/c1-3-10-20(11-4-2)16(22)7-5-6-15(21)19-13-8-9-14(17)18-12-13/h8-9,12H,3-7,10-11H2,1-2H3,(H2,17,18)(H,19,21). The van der Waals surface area contributed by atoms with Gasteiger partial charge in [0.2, 0.25) is 11.8 Å². The largest absolute Gasteiger partial charge is 0.384 e. The molecule has 0 fully saturated rings. The highest BCUT2D eigenvalue weighted by Gasteiger charge is 2.12. The number of carbonyl (C=O) groups is 2. The monoisotopic (exact) mass is 306 g/mol. The number of nitrogens with two attached hydrogens (primary N) is 1. The fraction of sp³-hybridized carbons (Fsp3) is 0.562. The van der Waals surface area contributed by atoms with Gasteiger partial charge in [0.25, 0.3) is 0 Å². The van der Waals surface area contributed by atoms with Gasteiger partial charge in [0.05, 0.1) is 11.9 Å². The second-order valence-electron chi connectivity index (χ2n) is 5.25. The predicted octanol–water partition coefficient (Wildman–Crippen LogP) is 2.42. The minimum Gasteiger partial charge on any atom is -0.384 e. The molecule has 0 saturated heterocycles. The molecule has 22 heavy (non-hydrogen) atoms. The van der Waals surface area contributed by atoms with Gasteiger partial charge in [-0.25, -0.2) is 4.98 Å². The number of rotatable bonds is 9. The van der Waals surface area contributed by atoms with Gasteiger partial charge in [-0.3, -0.25) is 9.59 Å². The molecular formula is C16H26N4O2. The second-order valence-corrected chi connectivity index (χ2v) is 5.25. The Bertz CT molecular complexity index is 468. The lowest BCUT2D eigenvalue weighted by molar-refractivity contribution is -0.131. The fourth-order valence-corrected chi connectivity index (χ4v) is 2.16. The molecule has 0 unspecified atom stereocenters. The lowest BCUT2D eigenvalue weighted by Gasteiger charge is -2.21. The van der Waals surface area contributed by atoms with Crippen LogP contribution in [0, 0.1) is 0 Å². The Labute approximate surface area is 132 Å². The van der Waals surface area contributed by atoms with Crippen molar-refractivity contribution in [1.29, 1.82) is 0 Å². The van der Waals surface area contributed by atoms with Crippen LogP contribution in [0.5, 0.6) is 0 Å². The van der Waals surface area contributed by atoms with E-state index in [-0.39, 0.29) is 11.8 Å². The van der Waals surface area contributed by atoms with E-state index >= 15 is 0 Å². The van der Waals surface area contributed by atoms with Crippen molar-refractivity contribution in [3.05, 3.63) is 18.3 Å². The highest BCUT2D eigenvalue weighted by molar-refractivity contribution is 5.90. The summed E-state index contributed by atoms with van der Waals surface area (Å²) in [6.07, 6.45) is 4.71. The van der Waals surface area contributed by atoms with Gasteiger partial charge >= 0.3 is 0 Å². The number of nitrogen functional groups attached to an aromatic ring is 1. The van der Waals surface area contributed by atoms with Crippen LogP contribution < -0.4 is 11.1 Å². The summed E-state index contributed by atoms with van der Waals surface area (Å²) >= 11 is 0. The summed E-state index contributed by atoms with van der Waals surface area (Å²) in [6, 6.07) is 3.34. The maximum Gasteiger partial charge on any atom is 0.224 e. The molecule has 3 N–H and O–H groups in total. The zero-order valence-electron chi connectivity index (χ0n) is 13.5. The molecule has 6 nitrogen and oxygen atoms in total. The molecule has 0 aliphatic heterocycles. The smallest absolute Gasteiger partial charge is 0.224 e. The van der Waals surface area contributed by atoms with Crippen molar-refractivity contribution in [2.45, 2.75) is 46.0 Å². The topological polar surface area (TPSA) is 88.3 Å². The molecule has 1 heterocycles. The zero-order chi connectivity index (χ0) is 16.4. The summed E-state index contributed by atoms with van der Waals surface area (Å²) in [7, 11) is 0. The summed E-state index contributed by atoms with van der Waals surface area (Å²) in [5, 5.41) is 2.74. The van der Waals surface area contributed by atoms with E-state index in [9.17, 15) is 9.59 Å². The third-order valence-corrected chi connectivity index (χ3v) is 3.20. The van der Waals surface area contributed by atoms with E-state index in [1.807, 2.05) is 4.90 Å². The maximum absolute atomic E-state index is 12.1. The second kappa shape index (κ2) is 9.76. The van der Waals surface area contributed by atoms with Gasteiger partial charge in [-0.1, -0.05) is 13.8 Å². The molecular weight excluding hydrogens is 280 g/mol. The van der Waals surface area contributed by atoms with E-state index in [0.29, 0.717) is 30.8 Å². The predicted molar refractivity (Wildman–Crippen MR) is 88.3 cm³/mol. The molecule has 0 radical (unpaired) electrons. The van der Waals surface area contributed by atoms with Crippen LogP contribution in [0.1, 0.15) is 46.0 Å². The molecule has 1 aromatic rings. The Morgan fingerprint density at radius 3 is 2.41 bits per heavy atom. The Balaban J connectivity index is 2.31. The van der Waals surface area contributed by atoms with Crippen molar-refractivity contribution in [3.63, 3.8) is 0 Å². The molecule has 122 valence electrons. The van der Waals surface area contributed by atoms with E-state index in [1.165, 1.54) is 6.20 Å². The average Bonchev–Trinajstić information content (AvgIpc) is 2.49. The van der Waals surface area contributed by atoms with E-state index < -0.39 is 0 Å². The van der Waals surface area contributed by atoms with E-state index in [2.05, 4.69) is 24.1 Å². The quantitative estimate of drug-likeness (QED) is 0.733. The van der Waals surface area contributed by atoms with E-state index in [0.717, 1.165) is 25.9 Å². The summed E-state index contributed by atoms with van der Waals surface area (Å²) < 4.78 is 0. The van der Waals surface area contributed by atoms with Gasteiger partial charge < -0.3 is 16.0 Å². The number of anilines is 2. The zero-order valence-corrected chi connectivity index (χ0v) is 13.5. The number of nitrogens with zero attached hydrogens (tertiary/aromatic N) is 2. The minimum absolute atomic E-state index is 0.114. The van der Waals surface area contributed by atoms with Crippen molar-refractivity contribution in [3.8, 4) is 0 Å². The van der Waals surface area contributed by atoms with Crippen molar-refractivity contribution in [2.24, 2.45) is 0 Å². The van der Waals surface area contributed by atoms with Crippen LogP contribution in [0.3, 0.4) is 0 Å². The normalized spacial score (nSPS) is 10.3. The van der Waals surface area contributed by atoms with Gasteiger partial charge in [-0.2, -0.15) is 0 Å². The van der Waals surface area contributed by atoms with Crippen LogP contribution in [0.2, 0.25) is 0 Å². The molecule has 0 aromatic carbocycles. The first-order valence-corrected chi connectivity index (χ1v) is 7.86. The van der Waals surface area contributed by atoms with Gasteiger partial charge in [-0.15, -0.1) is 0 Å². The number of carbonyl (C=O) groups excluding carboxylic acids is 2. The molecule has 1 aromatic heterocycles. The van der Waals surface area contributed by atoms with Crippen LogP contribution in [-0.4, -0.2) is 34.8 Å². The number of nitrogens with one attached hydrogen (secondary N) is 1. The first-order chi connectivity index (χ1) is 10.6. The van der Waals surface area contributed by atoms with Crippen LogP contribution in [0.15, 0.2) is 18.3 Å². The molecule has 0 spiro atoms. The molecule has 6 heteroatoms. The summed E-state index contributed by atoms with van der Waals surface area (Å²) in [5.74, 6) is 0.429. The van der Waals surface area contributed by atoms with Gasteiger partial charge in [0.15, 0.2) is 0 Å².